The molecule has 1 fully saturated rings. The highest BCUT2D eigenvalue weighted by Crippen LogP contribution is 2.30. The number of carbonyl (C=O) groups is 2. The van der Waals surface area contributed by atoms with Gasteiger partial charge in [-0.05, 0) is 61.5 Å². The zero-order valence-corrected chi connectivity index (χ0v) is 18.2. The third-order valence-corrected chi connectivity index (χ3v) is 5.25. The van der Waals surface area contributed by atoms with Crippen LogP contribution in [0.15, 0.2) is 60.8 Å². The first-order chi connectivity index (χ1) is 16.2. The Labute approximate surface area is 193 Å². The molecule has 0 radical (unpaired) electrons. The van der Waals surface area contributed by atoms with Crippen molar-refractivity contribution in [2.45, 2.75) is 13.1 Å². The van der Waals surface area contributed by atoms with Gasteiger partial charge in [0, 0.05) is 24.8 Å². The van der Waals surface area contributed by atoms with E-state index in [1.165, 1.54) is 29.8 Å². The number of ether oxygens (including phenoxy) is 1. The highest BCUT2D eigenvalue weighted by atomic mass is 19.4. The fourth-order valence-electron chi connectivity index (χ4n) is 3.48. The lowest BCUT2D eigenvalue weighted by Crippen LogP contribution is -2.36. The van der Waals surface area contributed by atoms with Gasteiger partial charge in [-0.25, -0.2) is 9.67 Å². The summed E-state index contributed by atoms with van der Waals surface area (Å²) < 4.78 is 45.5. The maximum absolute atomic E-state index is 13.0. The fraction of sp³-hybridized carbons (Fsp3) is 0.250. The molecule has 3 heterocycles. The Kier molecular flexibility index (Phi) is 6.60. The second kappa shape index (κ2) is 9.60. The van der Waals surface area contributed by atoms with Crippen molar-refractivity contribution in [3.63, 3.8) is 0 Å². The van der Waals surface area contributed by atoms with Gasteiger partial charge in [-0.15, -0.1) is 0 Å². The molecule has 34 heavy (non-hydrogen) atoms. The topological polar surface area (TPSA) is 77.3 Å². The second-order valence-corrected chi connectivity index (χ2v) is 7.68. The molecule has 7 nitrogen and oxygen atoms in total. The number of ketones is 2. The first-order valence-electron chi connectivity index (χ1n) is 10.5. The SMILES string of the molecule is CC(=O)/C=C/C(=O)c1cc(-c2ccc(N3CCOCC3)nc2)nn1-c1ccc(C(F)(F)F)cc1. The van der Waals surface area contributed by atoms with Gasteiger partial charge >= 0.3 is 6.18 Å². The van der Waals surface area contributed by atoms with E-state index in [0.717, 1.165) is 43.2 Å². The molecule has 2 aromatic heterocycles. The molecule has 176 valence electrons. The number of benzene rings is 1. The molecule has 0 aliphatic carbocycles. The first-order valence-corrected chi connectivity index (χ1v) is 10.5. The van der Waals surface area contributed by atoms with Crippen LogP contribution >= 0.6 is 0 Å². The van der Waals surface area contributed by atoms with E-state index < -0.39 is 17.5 Å². The minimum absolute atomic E-state index is 0.101. The van der Waals surface area contributed by atoms with Gasteiger partial charge in [0.05, 0.1) is 30.2 Å². The van der Waals surface area contributed by atoms with Crippen LogP contribution in [0, 0.1) is 0 Å². The summed E-state index contributed by atoms with van der Waals surface area (Å²) in [5, 5.41) is 4.46. The van der Waals surface area contributed by atoms with E-state index in [9.17, 15) is 22.8 Å². The lowest BCUT2D eigenvalue weighted by atomic mass is 10.1. The summed E-state index contributed by atoms with van der Waals surface area (Å²) in [5.74, 6) is -0.0290. The average Bonchev–Trinajstić information content (AvgIpc) is 3.28. The monoisotopic (exact) mass is 470 g/mol. The number of carbonyl (C=O) groups excluding carboxylic acids is 2. The molecule has 1 aromatic carbocycles. The normalized spacial score (nSPS) is 14.5. The van der Waals surface area contributed by atoms with Crippen molar-refractivity contribution < 1.29 is 27.5 Å². The zero-order valence-electron chi connectivity index (χ0n) is 18.2. The number of hydrogen-bond acceptors (Lipinski definition) is 6. The summed E-state index contributed by atoms with van der Waals surface area (Å²) in [4.78, 5) is 30.6. The number of aromatic nitrogens is 3. The molecular weight excluding hydrogens is 449 g/mol. The van der Waals surface area contributed by atoms with E-state index in [0.29, 0.717) is 24.5 Å². The predicted octanol–water partition coefficient (Wildman–Crippen LogP) is 4.12. The van der Waals surface area contributed by atoms with Gasteiger partial charge in [0.15, 0.2) is 5.78 Å². The van der Waals surface area contributed by atoms with Crippen LogP contribution in [0.2, 0.25) is 0 Å². The molecule has 0 spiro atoms. The van der Waals surface area contributed by atoms with E-state index in [1.54, 1.807) is 6.20 Å². The van der Waals surface area contributed by atoms with Crippen LogP contribution in [-0.4, -0.2) is 52.6 Å². The summed E-state index contributed by atoms with van der Waals surface area (Å²) in [6.07, 6.45) is -0.608. The molecule has 3 aromatic rings. The second-order valence-electron chi connectivity index (χ2n) is 7.68. The number of anilines is 1. The summed E-state index contributed by atoms with van der Waals surface area (Å²) in [6.45, 7) is 4.02. The summed E-state index contributed by atoms with van der Waals surface area (Å²) in [5.41, 5.74) is 0.616. The Balaban J connectivity index is 1.70. The van der Waals surface area contributed by atoms with Crippen molar-refractivity contribution in [3.05, 3.63) is 72.1 Å². The third-order valence-electron chi connectivity index (χ3n) is 5.25. The van der Waals surface area contributed by atoms with Gasteiger partial charge in [-0.2, -0.15) is 18.3 Å². The van der Waals surface area contributed by atoms with Crippen molar-refractivity contribution in [1.29, 1.82) is 0 Å². The molecule has 0 bridgehead atoms. The molecule has 0 amide bonds. The van der Waals surface area contributed by atoms with E-state index in [2.05, 4.69) is 15.0 Å². The molecular formula is C24H21F3N4O3. The molecule has 0 atom stereocenters. The number of hydrogen-bond donors (Lipinski definition) is 0. The lowest BCUT2D eigenvalue weighted by molar-refractivity contribution is -0.137. The average molecular weight is 470 g/mol. The third kappa shape index (κ3) is 5.23. The predicted molar refractivity (Wildman–Crippen MR) is 119 cm³/mol. The van der Waals surface area contributed by atoms with E-state index in [1.807, 2.05) is 12.1 Å². The van der Waals surface area contributed by atoms with Crippen molar-refractivity contribution >= 4 is 17.4 Å². The molecule has 4 rings (SSSR count). The Morgan fingerprint density at radius 1 is 1.03 bits per heavy atom. The molecule has 0 N–H and O–H groups in total. The number of pyridine rings is 1. The number of halogens is 3. The van der Waals surface area contributed by atoms with Gasteiger partial charge in [-0.1, -0.05) is 0 Å². The Bertz CT molecular complexity index is 1210. The quantitative estimate of drug-likeness (QED) is 0.399. The van der Waals surface area contributed by atoms with Crippen LogP contribution < -0.4 is 4.90 Å². The maximum atomic E-state index is 13.0. The highest BCUT2D eigenvalue weighted by molar-refractivity contribution is 6.07. The molecule has 0 saturated carbocycles. The minimum atomic E-state index is -4.48. The molecule has 1 aliphatic heterocycles. The Morgan fingerprint density at radius 3 is 2.32 bits per heavy atom. The molecule has 1 aliphatic rings. The number of morpholine rings is 1. The molecule has 10 heteroatoms. The van der Waals surface area contributed by atoms with Crippen LogP contribution in [0.1, 0.15) is 23.0 Å². The molecule has 0 unspecified atom stereocenters. The largest absolute Gasteiger partial charge is 0.416 e. The van der Waals surface area contributed by atoms with Crippen molar-refractivity contribution in [2.24, 2.45) is 0 Å². The van der Waals surface area contributed by atoms with E-state index in [4.69, 9.17) is 4.74 Å². The summed E-state index contributed by atoms with van der Waals surface area (Å²) in [6, 6.07) is 9.52. The van der Waals surface area contributed by atoms with Crippen molar-refractivity contribution in [1.82, 2.24) is 14.8 Å². The van der Waals surface area contributed by atoms with Crippen LogP contribution in [0.3, 0.4) is 0 Å². The van der Waals surface area contributed by atoms with Gasteiger partial charge in [0.25, 0.3) is 0 Å². The lowest BCUT2D eigenvalue weighted by Gasteiger charge is -2.27. The first kappa shape index (κ1) is 23.4. The van der Waals surface area contributed by atoms with Gasteiger partial charge in [0.1, 0.15) is 11.5 Å². The van der Waals surface area contributed by atoms with Crippen LogP contribution in [0.4, 0.5) is 19.0 Å². The molecule has 1 saturated heterocycles. The number of nitrogens with zero attached hydrogens (tertiary/aromatic N) is 4. The Hall–Kier alpha value is -3.79. The number of allylic oxidation sites excluding steroid dienone is 2. The summed E-state index contributed by atoms with van der Waals surface area (Å²) in [7, 11) is 0. The van der Waals surface area contributed by atoms with E-state index in [-0.39, 0.29) is 17.2 Å². The standard InChI is InChI=1S/C24H21F3N4O3/c1-16(32)2-8-22(33)21-14-20(17-3-9-23(28-15-17)30-10-12-34-13-11-30)29-31(21)19-6-4-18(5-7-19)24(25,26)27/h2-9,14-15H,10-13H2,1H3/b8-2+. The minimum Gasteiger partial charge on any atom is -0.378 e. The number of rotatable bonds is 6. The van der Waals surface area contributed by atoms with E-state index >= 15 is 0 Å². The zero-order chi connectivity index (χ0) is 24.3. The maximum Gasteiger partial charge on any atom is 0.416 e. The van der Waals surface area contributed by atoms with Gasteiger partial charge < -0.3 is 9.64 Å². The van der Waals surface area contributed by atoms with Crippen molar-refractivity contribution in [3.8, 4) is 16.9 Å². The number of alkyl halides is 3. The van der Waals surface area contributed by atoms with Crippen LogP contribution in [-0.2, 0) is 15.7 Å². The van der Waals surface area contributed by atoms with Gasteiger partial charge in [0.2, 0.25) is 5.78 Å². The van der Waals surface area contributed by atoms with Crippen LogP contribution in [0.5, 0.6) is 0 Å². The Morgan fingerprint density at radius 2 is 1.74 bits per heavy atom. The van der Waals surface area contributed by atoms with Crippen LogP contribution in [0.25, 0.3) is 16.9 Å². The van der Waals surface area contributed by atoms with Crippen molar-refractivity contribution in [2.75, 3.05) is 31.2 Å². The van der Waals surface area contributed by atoms with Gasteiger partial charge in [-0.3, -0.25) is 9.59 Å². The highest BCUT2D eigenvalue weighted by Gasteiger charge is 2.30. The summed E-state index contributed by atoms with van der Waals surface area (Å²) >= 11 is 0. The fourth-order valence-corrected chi connectivity index (χ4v) is 3.48. The smallest absolute Gasteiger partial charge is 0.378 e.